The van der Waals surface area contributed by atoms with E-state index >= 15 is 0 Å². The molecule has 1 heterocycles. The molecule has 0 aromatic carbocycles. The number of aldehydes is 1. The van der Waals surface area contributed by atoms with Crippen molar-refractivity contribution in [3.63, 3.8) is 0 Å². The van der Waals surface area contributed by atoms with Crippen LogP contribution < -0.4 is 0 Å². The average Bonchev–Trinajstić information content (AvgIpc) is 2.59. The van der Waals surface area contributed by atoms with Gasteiger partial charge in [0.25, 0.3) is 0 Å². The van der Waals surface area contributed by atoms with Crippen molar-refractivity contribution in [2.24, 2.45) is 5.92 Å². The second-order valence-electron chi connectivity index (χ2n) is 3.18. The molecule has 1 aliphatic rings. The normalized spacial score (nSPS) is 28.5. The molecule has 1 aliphatic carbocycles. The number of hydrogen-bond donors (Lipinski definition) is 0. The molecule has 1 aromatic heterocycles. The Balaban J connectivity index is 2.19. The smallest absolute Gasteiger partial charge is 0.185 e. The number of furan rings is 1. The van der Waals surface area contributed by atoms with Crippen LogP contribution in [0.3, 0.4) is 0 Å². The Hall–Kier alpha value is -1.05. The highest BCUT2D eigenvalue weighted by Gasteiger charge is 2.36. The van der Waals surface area contributed by atoms with E-state index in [4.69, 9.17) is 4.42 Å². The fraction of sp³-hybridized carbons (Fsp3) is 0.444. The quantitative estimate of drug-likeness (QED) is 0.605. The van der Waals surface area contributed by atoms with Crippen LogP contribution in [0.25, 0.3) is 0 Å². The molecule has 0 aliphatic heterocycles. The van der Waals surface area contributed by atoms with E-state index in [0.717, 1.165) is 18.0 Å². The van der Waals surface area contributed by atoms with E-state index in [2.05, 4.69) is 6.92 Å². The standard InChI is InChI=1S/C9H10O2/c1-6-4-8(6)9-3-2-7(5-10)11-9/h2-3,5-6,8H,4H2,1H3. The van der Waals surface area contributed by atoms with Gasteiger partial charge in [0.05, 0.1) is 0 Å². The first-order valence-electron chi connectivity index (χ1n) is 3.86. The molecule has 0 bridgehead atoms. The molecule has 0 amide bonds. The van der Waals surface area contributed by atoms with Crippen LogP contribution in [0.4, 0.5) is 0 Å². The van der Waals surface area contributed by atoms with Crippen LogP contribution in [-0.4, -0.2) is 6.29 Å². The van der Waals surface area contributed by atoms with Crippen molar-refractivity contribution in [2.45, 2.75) is 19.3 Å². The number of carbonyl (C=O) groups excluding carboxylic acids is 1. The van der Waals surface area contributed by atoms with Crippen molar-refractivity contribution in [2.75, 3.05) is 0 Å². The lowest BCUT2D eigenvalue weighted by Gasteiger charge is -1.87. The molecule has 0 radical (unpaired) electrons. The Bertz CT molecular complexity index is 275. The maximum atomic E-state index is 10.3. The molecular formula is C9H10O2. The highest BCUT2D eigenvalue weighted by molar-refractivity contribution is 5.70. The summed E-state index contributed by atoms with van der Waals surface area (Å²) in [6.45, 7) is 2.19. The average molecular weight is 150 g/mol. The summed E-state index contributed by atoms with van der Waals surface area (Å²) in [5.41, 5.74) is 0. The molecule has 1 fully saturated rings. The first-order chi connectivity index (χ1) is 5.31. The summed E-state index contributed by atoms with van der Waals surface area (Å²) < 4.78 is 5.26. The third-order valence-electron chi connectivity index (χ3n) is 2.24. The minimum absolute atomic E-state index is 0.444. The van der Waals surface area contributed by atoms with Crippen molar-refractivity contribution in [3.8, 4) is 0 Å². The topological polar surface area (TPSA) is 30.2 Å². The van der Waals surface area contributed by atoms with Gasteiger partial charge in [-0.2, -0.15) is 0 Å². The highest BCUT2D eigenvalue weighted by Crippen LogP contribution is 2.47. The van der Waals surface area contributed by atoms with Gasteiger partial charge in [-0.3, -0.25) is 4.79 Å². The van der Waals surface area contributed by atoms with Gasteiger partial charge in [-0.05, 0) is 24.5 Å². The van der Waals surface area contributed by atoms with Crippen molar-refractivity contribution >= 4 is 6.29 Å². The molecule has 0 N–H and O–H groups in total. The maximum absolute atomic E-state index is 10.3. The molecule has 2 unspecified atom stereocenters. The van der Waals surface area contributed by atoms with Gasteiger partial charge in [-0.25, -0.2) is 0 Å². The van der Waals surface area contributed by atoms with Gasteiger partial charge in [0.15, 0.2) is 12.0 Å². The van der Waals surface area contributed by atoms with Crippen molar-refractivity contribution in [1.82, 2.24) is 0 Å². The molecule has 1 saturated carbocycles. The van der Waals surface area contributed by atoms with Crippen LogP contribution in [-0.2, 0) is 0 Å². The number of carbonyl (C=O) groups is 1. The van der Waals surface area contributed by atoms with Gasteiger partial charge >= 0.3 is 0 Å². The summed E-state index contributed by atoms with van der Waals surface area (Å²) >= 11 is 0. The second kappa shape index (κ2) is 2.22. The fourth-order valence-corrected chi connectivity index (χ4v) is 1.35. The predicted molar refractivity (Wildman–Crippen MR) is 40.6 cm³/mol. The summed E-state index contributed by atoms with van der Waals surface area (Å²) in [5, 5.41) is 0. The largest absolute Gasteiger partial charge is 0.458 e. The summed E-state index contributed by atoms with van der Waals surface area (Å²) in [4.78, 5) is 10.3. The van der Waals surface area contributed by atoms with Gasteiger partial charge in [-0.1, -0.05) is 6.92 Å². The van der Waals surface area contributed by atoms with E-state index in [9.17, 15) is 4.79 Å². The maximum Gasteiger partial charge on any atom is 0.185 e. The van der Waals surface area contributed by atoms with Gasteiger partial charge in [0, 0.05) is 5.92 Å². The predicted octanol–water partition coefficient (Wildman–Crippen LogP) is 2.22. The van der Waals surface area contributed by atoms with E-state index in [1.165, 1.54) is 6.42 Å². The molecule has 1 aromatic rings. The van der Waals surface area contributed by atoms with Gasteiger partial charge in [-0.15, -0.1) is 0 Å². The first-order valence-corrected chi connectivity index (χ1v) is 3.86. The van der Waals surface area contributed by atoms with E-state index in [0.29, 0.717) is 11.7 Å². The van der Waals surface area contributed by atoms with Gasteiger partial charge in [0.1, 0.15) is 5.76 Å². The van der Waals surface area contributed by atoms with Crippen LogP contribution in [0.1, 0.15) is 35.6 Å². The van der Waals surface area contributed by atoms with E-state index in [1.54, 1.807) is 6.07 Å². The summed E-state index contributed by atoms with van der Waals surface area (Å²) in [6, 6.07) is 3.63. The van der Waals surface area contributed by atoms with Gasteiger partial charge < -0.3 is 4.42 Å². The molecular weight excluding hydrogens is 140 g/mol. The van der Waals surface area contributed by atoms with E-state index in [-0.39, 0.29) is 0 Å². The molecule has 2 nitrogen and oxygen atoms in total. The zero-order chi connectivity index (χ0) is 7.84. The van der Waals surface area contributed by atoms with Crippen LogP contribution in [0.5, 0.6) is 0 Å². The number of rotatable bonds is 2. The molecule has 0 spiro atoms. The molecule has 2 atom stereocenters. The molecule has 0 saturated heterocycles. The lowest BCUT2D eigenvalue weighted by molar-refractivity contribution is 0.109. The molecule has 58 valence electrons. The van der Waals surface area contributed by atoms with Crippen LogP contribution in [0.15, 0.2) is 16.5 Å². The summed E-state index contributed by atoms with van der Waals surface area (Å²) in [6.07, 6.45) is 1.95. The molecule has 2 heteroatoms. The minimum Gasteiger partial charge on any atom is -0.458 e. The Labute approximate surface area is 65.2 Å². The van der Waals surface area contributed by atoms with Gasteiger partial charge in [0.2, 0.25) is 0 Å². The van der Waals surface area contributed by atoms with Crippen LogP contribution in [0.2, 0.25) is 0 Å². The highest BCUT2D eigenvalue weighted by atomic mass is 16.3. The van der Waals surface area contributed by atoms with Crippen molar-refractivity contribution in [3.05, 3.63) is 23.7 Å². The van der Waals surface area contributed by atoms with E-state index < -0.39 is 0 Å². The Kier molecular flexibility index (Phi) is 1.34. The Morgan fingerprint density at radius 2 is 2.36 bits per heavy atom. The molecule has 11 heavy (non-hydrogen) atoms. The zero-order valence-corrected chi connectivity index (χ0v) is 6.41. The zero-order valence-electron chi connectivity index (χ0n) is 6.41. The fourth-order valence-electron chi connectivity index (χ4n) is 1.35. The minimum atomic E-state index is 0.444. The lowest BCUT2D eigenvalue weighted by Crippen LogP contribution is -1.74. The number of hydrogen-bond acceptors (Lipinski definition) is 2. The SMILES string of the molecule is CC1CC1c1ccc(C=O)o1. The monoisotopic (exact) mass is 150 g/mol. The molecule has 2 rings (SSSR count). The summed E-state index contributed by atoms with van der Waals surface area (Å²) in [5.74, 6) is 2.73. The third kappa shape index (κ3) is 1.09. The summed E-state index contributed by atoms with van der Waals surface area (Å²) in [7, 11) is 0. The lowest BCUT2D eigenvalue weighted by atomic mass is 10.3. The van der Waals surface area contributed by atoms with Crippen molar-refractivity contribution < 1.29 is 9.21 Å². The first kappa shape index (κ1) is 6.65. The Morgan fingerprint density at radius 3 is 2.82 bits per heavy atom. The third-order valence-corrected chi connectivity index (χ3v) is 2.24. The second-order valence-corrected chi connectivity index (χ2v) is 3.18. The van der Waals surface area contributed by atoms with Crippen LogP contribution in [0, 0.1) is 5.92 Å². The Morgan fingerprint density at radius 1 is 1.64 bits per heavy atom. The van der Waals surface area contributed by atoms with E-state index in [1.807, 2.05) is 6.07 Å². The van der Waals surface area contributed by atoms with Crippen LogP contribution >= 0.6 is 0 Å². The van der Waals surface area contributed by atoms with Crippen molar-refractivity contribution in [1.29, 1.82) is 0 Å².